The maximum atomic E-state index is 12.6. The number of carboxylic acid groups (broad SMARTS) is 2. The summed E-state index contributed by atoms with van der Waals surface area (Å²) in [5.74, 6) is -4.46. The summed E-state index contributed by atoms with van der Waals surface area (Å²) in [6, 6.07) is 8.18. The van der Waals surface area contributed by atoms with Crippen LogP contribution in [0.5, 0.6) is 0 Å². The highest BCUT2D eigenvalue weighted by atomic mass is 16.6. The lowest BCUT2D eigenvalue weighted by molar-refractivity contribution is 0.0397. The number of benzene rings is 2. The summed E-state index contributed by atoms with van der Waals surface area (Å²) in [7, 11) is 0. The monoisotopic (exact) mass is 426 g/mol. The van der Waals surface area contributed by atoms with E-state index in [0.29, 0.717) is 11.1 Å². The second-order valence-electron chi connectivity index (χ2n) is 9.39. The Bertz CT molecular complexity index is 981. The topological polar surface area (TPSA) is 118 Å². The Hall–Kier alpha value is -3.48. The van der Waals surface area contributed by atoms with Gasteiger partial charge in [-0.2, -0.15) is 0 Å². The molecule has 0 unspecified atom stereocenters. The SMILES string of the molecule is CC(C)(C)c1cc(C(=O)O)cc(C(=O)OC(=O)c2cc(C(=O)O)cc(C(C)(C)C)c2)c1. The summed E-state index contributed by atoms with van der Waals surface area (Å²) in [6.07, 6.45) is 0. The van der Waals surface area contributed by atoms with Crippen LogP contribution in [0.15, 0.2) is 36.4 Å². The third kappa shape index (κ3) is 5.78. The van der Waals surface area contributed by atoms with Crippen molar-refractivity contribution in [1.29, 1.82) is 0 Å². The first-order valence-electron chi connectivity index (χ1n) is 9.64. The number of carbonyl (C=O) groups excluding carboxylic acids is 2. The molecule has 0 saturated carbocycles. The van der Waals surface area contributed by atoms with Gasteiger partial charge in [0.25, 0.3) is 0 Å². The summed E-state index contributed by atoms with van der Waals surface area (Å²) in [5, 5.41) is 18.7. The average Bonchev–Trinajstić information content (AvgIpc) is 2.65. The molecular formula is C24H26O7. The quantitative estimate of drug-likeness (QED) is 0.538. The first-order valence-corrected chi connectivity index (χ1v) is 9.64. The molecule has 7 heteroatoms. The lowest BCUT2D eigenvalue weighted by atomic mass is 9.85. The zero-order valence-corrected chi connectivity index (χ0v) is 18.4. The highest BCUT2D eigenvalue weighted by Crippen LogP contribution is 2.27. The van der Waals surface area contributed by atoms with E-state index in [-0.39, 0.29) is 22.3 Å². The fourth-order valence-electron chi connectivity index (χ4n) is 2.81. The van der Waals surface area contributed by atoms with Crippen LogP contribution in [0.3, 0.4) is 0 Å². The van der Waals surface area contributed by atoms with Gasteiger partial charge >= 0.3 is 23.9 Å². The second kappa shape index (κ2) is 8.34. The van der Waals surface area contributed by atoms with Crippen LogP contribution in [-0.4, -0.2) is 34.1 Å². The molecule has 2 aromatic carbocycles. The van der Waals surface area contributed by atoms with Gasteiger partial charge in [0.1, 0.15) is 0 Å². The van der Waals surface area contributed by atoms with Crippen molar-refractivity contribution < 1.29 is 34.1 Å². The van der Waals surface area contributed by atoms with Crippen molar-refractivity contribution in [3.05, 3.63) is 69.8 Å². The van der Waals surface area contributed by atoms with Crippen molar-refractivity contribution in [3.8, 4) is 0 Å². The standard InChI is InChI=1S/C24H26O7/c1-23(2,3)17-9-13(19(25)26)7-15(11-17)21(29)31-22(30)16-8-14(20(27)28)10-18(12-16)24(4,5)6/h7-12H,1-6H3,(H,25,26)(H,27,28). The fourth-order valence-corrected chi connectivity index (χ4v) is 2.81. The Kier molecular flexibility index (Phi) is 6.40. The number of aromatic carboxylic acids is 2. The van der Waals surface area contributed by atoms with Gasteiger partial charge in [0.2, 0.25) is 0 Å². The van der Waals surface area contributed by atoms with Crippen LogP contribution < -0.4 is 0 Å². The molecule has 0 aliphatic heterocycles. The molecule has 0 aliphatic carbocycles. The summed E-state index contributed by atoms with van der Waals surface area (Å²) >= 11 is 0. The van der Waals surface area contributed by atoms with Gasteiger partial charge in [-0.1, -0.05) is 41.5 Å². The normalized spacial score (nSPS) is 11.7. The molecule has 7 nitrogen and oxygen atoms in total. The van der Waals surface area contributed by atoms with E-state index < -0.39 is 34.7 Å². The highest BCUT2D eigenvalue weighted by Gasteiger charge is 2.24. The maximum Gasteiger partial charge on any atom is 0.346 e. The van der Waals surface area contributed by atoms with Gasteiger partial charge in [-0.3, -0.25) is 0 Å². The number of rotatable bonds is 4. The lowest BCUT2D eigenvalue weighted by Gasteiger charge is -2.21. The number of ether oxygens (including phenoxy) is 1. The zero-order valence-electron chi connectivity index (χ0n) is 18.4. The Morgan fingerprint density at radius 2 is 0.871 bits per heavy atom. The molecule has 0 fully saturated rings. The van der Waals surface area contributed by atoms with Crippen LogP contribution in [-0.2, 0) is 15.6 Å². The Morgan fingerprint density at radius 1 is 0.581 bits per heavy atom. The molecule has 0 aromatic heterocycles. The second-order valence-corrected chi connectivity index (χ2v) is 9.39. The number of esters is 2. The van der Waals surface area contributed by atoms with Crippen LogP contribution in [0.4, 0.5) is 0 Å². The van der Waals surface area contributed by atoms with E-state index in [1.807, 2.05) is 41.5 Å². The van der Waals surface area contributed by atoms with E-state index >= 15 is 0 Å². The third-order valence-corrected chi connectivity index (χ3v) is 4.75. The minimum atomic E-state index is -1.21. The molecular weight excluding hydrogens is 400 g/mol. The summed E-state index contributed by atoms with van der Waals surface area (Å²) in [4.78, 5) is 48.2. The Labute approximate surface area is 180 Å². The van der Waals surface area contributed by atoms with E-state index in [1.54, 1.807) is 0 Å². The van der Waals surface area contributed by atoms with Crippen molar-refractivity contribution in [1.82, 2.24) is 0 Å². The molecule has 0 atom stereocenters. The number of hydrogen-bond acceptors (Lipinski definition) is 5. The molecule has 0 heterocycles. The van der Waals surface area contributed by atoms with Gasteiger partial charge in [-0.15, -0.1) is 0 Å². The van der Waals surface area contributed by atoms with Gasteiger partial charge < -0.3 is 14.9 Å². The first-order chi connectivity index (χ1) is 14.1. The number of carboxylic acids is 2. The average molecular weight is 426 g/mol. The summed E-state index contributed by atoms with van der Waals surface area (Å²) in [6.45, 7) is 11.2. The number of hydrogen-bond donors (Lipinski definition) is 2. The van der Waals surface area contributed by atoms with Gasteiger partial charge in [0, 0.05) is 0 Å². The number of carbonyl (C=O) groups is 4. The molecule has 2 aromatic rings. The fraction of sp³-hybridized carbons (Fsp3) is 0.333. The summed E-state index contributed by atoms with van der Waals surface area (Å²) in [5.41, 5.74) is -0.0647. The minimum Gasteiger partial charge on any atom is -0.478 e. The van der Waals surface area contributed by atoms with Gasteiger partial charge in [-0.05, 0) is 58.4 Å². The molecule has 164 valence electrons. The smallest absolute Gasteiger partial charge is 0.346 e. The van der Waals surface area contributed by atoms with Crippen molar-refractivity contribution in [3.63, 3.8) is 0 Å². The van der Waals surface area contributed by atoms with Crippen molar-refractivity contribution >= 4 is 23.9 Å². The van der Waals surface area contributed by atoms with Crippen LogP contribution >= 0.6 is 0 Å². The van der Waals surface area contributed by atoms with Gasteiger partial charge in [0.15, 0.2) is 0 Å². The van der Waals surface area contributed by atoms with Crippen LogP contribution in [0, 0.1) is 0 Å². The van der Waals surface area contributed by atoms with E-state index in [1.165, 1.54) is 24.3 Å². The van der Waals surface area contributed by atoms with Gasteiger partial charge in [0.05, 0.1) is 22.3 Å². The predicted molar refractivity (Wildman–Crippen MR) is 114 cm³/mol. The molecule has 0 spiro atoms. The lowest BCUT2D eigenvalue weighted by Crippen LogP contribution is -2.19. The zero-order chi connectivity index (χ0) is 23.7. The molecule has 0 bridgehead atoms. The van der Waals surface area contributed by atoms with Crippen molar-refractivity contribution in [2.75, 3.05) is 0 Å². The molecule has 2 rings (SSSR count). The Morgan fingerprint density at radius 3 is 1.13 bits per heavy atom. The van der Waals surface area contributed by atoms with Crippen molar-refractivity contribution in [2.24, 2.45) is 0 Å². The van der Waals surface area contributed by atoms with Crippen LogP contribution in [0.1, 0.15) is 94.1 Å². The third-order valence-electron chi connectivity index (χ3n) is 4.75. The van der Waals surface area contributed by atoms with Crippen LogP contribution in [0.2, 0.25) is 0 Å². The van der Waals surface area contributed by atoms with Gasteiger partial charge in [-0.25, -0.2) is 19.2 Å². The molecule has 31 heavy (non-hydrogen) atoms. The molecule has 0 radical (unpaired) electrons. The minimum absolute atomic E-state index is 0.0800. The molecule has 0 saturated heterocycles. The Balaban J connectivity index is 2.44. The van der Waals surface area contributed by atoms with E-state index in [9.17, 15) is 29.4 Å². The molecule has 2 N–H and O–H groups in total. The van der Waals surface area contributed by atoms with E-state index in [0.717, 1.165) is 12.1 Å². The largest absolute Gasteiger partial charge is 0.478 e. The van der Waals surface area contributed by atoms with E-state index in [2.05, 4.69) is 0 Å². The molecule has 0 aliphatic rings. The highest BCUT2D eigenvalue weighted by molar-refractivity contribution is 6.04. The van der Waals surface area contributed by atoms with E-state index in [4.69, 9.17) is 4.74 Å². The predicted octanol–water partition coefficient (Wildman–Crippen LogP) is 4.68. The first kappa shape index (κ1) is 23.8. The maximum absolute atomic E-state index is 12.6. The van der Waals surface area contributed by atoms with Crippen molar-refractivity contribution in [2.45, 2.75) is 52.4 Å². The summed E-state index contributed by atoms with van der Waals surface area (Å²) < 4.78 is 4.96. The van der Waals surface area contributed by atoms with Crippen LogP contribution in [0.25, 0.3) is 0 Å². The molecule has 0 amide bonds.